The van der Waals surface area contributed by atoms with Crippen molar-refractivity contribution in [2.45, 2.75) is 12.8 Å². The number of fused-ring (bicyclic) bond motifs is 1. The number of rotatable bonds is 2. The summed E-state index contributed by atoms with van der Waals surface area (Å²) in [5, 5.41) is 9.42. The van der Waals surface area contributed by atoms with E-state index >= 15 is 0 Å². The van der Waals surface area contributed by atoms with E-state index in [9.17, 15) is 9.90 Å². The lowest BCUT2D eigenvalue weighted by Gasteiger charge is -2.19. The number of hydrogen-bond acceptors (Lipinski definition) is 3. The number of nitrogens with two attached hydrogens (primary N) is 1. The maximum absolute atomic E-state index is 12.1. The molecule has 86 valence electrons. The van der Waals surface area contributed by atoms with Crippen molar-refractivity contribution in [1.82, 2.24) is 4.90 Å². The summed E-state index contributed by atoms with van der Waals surface area (Å²) in [6.07, 6.45) is 1.83. The van der Waals surface area contributed by atoms with Gasteiger partial charge in [0.25, 0.3) is 5.91 Å². The number of benzene rings is 1. The number of hydrogen-bond donors (Lipinski definition) is 2. The van der Waals surface area contributed by atoms with Crippen LogP contribution in [0.1, 0.15) is 22.3 Å². The van der Waals surface area contributed by atoms with Crippen LogP contribution in [0.4, 0.5) is 0 Å². The van der Waals surface area contributed by atoms with Gasteiger partial charge >= 0.3 is 0 Å². The summed E-state index contributed by atoms with van der Waals surface area (Å²) < 4.78 is 0. The summed E-state index contributed by atoms with van der Waals surface area (Å²) in [6, 6.07) is 5.01. The Kier molecular flexibility index (Phi) is 3.10. The fraction of sp³-hybridized carbons (Fsp3) is 0.417. The molecule has 0 saturated heterocycles. The summed E-state index contributed by atoms with van der Waals surface area (Å²) in [5.74, 6) is 0.121. The van der Waals surface area contributed by atoms with E-state index in [1.54, 1.807) is 17.0 Å². The lowest BCUT2D eigenvalue weighted by Crippen LogP contribution is -2.35. The molecule has 3 N–H and O–H groups in total. The number of aromatic hydroxyl groups is 1. The van der Waals surface area contributed by atoms with Crippen molar-refractivity contribution >= 4 is 5.91 Å². The molecular weight excluding hydrogens is 204 g/mol. The van der Waals surface area contributed by atoms with E-state index in [1.165, 1.54) is 0 Å². The predicted octanol–water partition coefficient (Wildman–Crippen LogP) is 0.739. The van der Waals surface area contributed by atoms with Crippen molar-refractivity contribution in [2.75, 3.05) is 19.6 Å². The van der Waals surface area contributed by atoms with Gasteiger partial charge in [0, 0.05) is 25.2 Å². The molecule has 4 nitrogen and oxygen atoms in total. The molecule has 2 rings (SSSR count). The Balaban J connectivity index is 2.35. The Morgan fingerprint density at radius 1 is 1.44 bits per heavy atom. The third-order valence-electron chi connectivity index (χ3n) is 2.88. The first-order valence-corrected chi connectivity index (χ1v) is 5.53. The van der Waals surface area contributed by atoms with Crippen molar-refractivity contribution in [3.8, 4) is 5.75 Å². The molecule has 1 heterocycles. The predicted molar refractivity (Wildman–Crippen MR) is 61.4 cm³/mol. The maximum atomic E-state index is 12.1. The zero-order valence-electron chi connectivity index (χ0n) is 9.15. The van der Waals surface area contributed by atoms with Gasteiger partial charge in [0.05, 0.1) is 0 Å². The van der Waals surface area contributed by atoms with Gasteiger partial charge in [-0.2, -0.15) is 0 Å². The van der Waals surface area contributed by atoms with E-state index in [0.29, 0.717) is 18.7 Å². The summed E-state index contributed by atoms with van der Waals surface area (Å²) >= 11 is 0. The number of aryl methyl sites for hydroxylation is 1. The maximum Gasteiger partial charge on any atom is 0.254 e. The van der Waals surface area contributed by atoms with Crippen LogP contribution in [0, 0.1) is 0 Å². The van der Waals surface area contributed by atoms with Crippen LogP contribution in [0.25, 0.3) is 0 Å². The van der Waals surface area contributed by atoms with Gasteiger partial charge in [0.15, 0.2) is 0 Å². The molecule has 0 spiro atoms. The van der Waals surface area contributed by atoms with Crippen LogP contribution >= 0.6 is 0 Å². The molecule has 0 aliphatic carbocycles. The fourth-order valence-corrected chi connectivity index (χ4v) is 2.08. The van der Waals surface area contributed by atoms with Gasteiger partial charge in [0.1, 0.15) is 5.75 Å². The number of nitrogens with zero attached hydrogens (tertiary/aromatic N) is 1. The second-order valence-corrected chi connectivity index (χ2v) is 4.03. The molecule has 1 aliphatic heterocycles. The Morgan fingerprint density at radius 2 is 2.25 bits per heavy atom. The molecule has 1 aromatic rings. The number of phenolic OH excluding ortho intramolecular Hbond substituents is 1. The van der Waals surface area contributed by atoms with E-state index < -0.39 is 0 Å². The number of carbonyl (C=O) groups excluding carboxylic acids is 1. The van der Waals surface area contributed by atoms with Gasteiger partial charge in [0.2, 0.25) is 0 Å². The van der Waals surface area contributed by atoms with E-state index in [2.05, 4.69) is 0 Å². The highest BCUT2D eigenvalue weighted by atomic mass is 16.3. The number of phenols is 1. The minimum absolute atomic E-state index is 0.0196. The summed E-state index contributed by atoms with van der Waals surface area (Å²) in [7, 11) is 0. The summed E-state index contributed by atoms with van der Waals surface area (Å²) in [6.45, 7) is 1.79. The highest BCUT2D eigenvalue weighted by molar-refractivity contribution is 5.96. The first-order chi connectivity index (χ1) is 7.72. The molecule has 0 bridgehead atoms. The topological polar surface area (TPSA) is 66.6 Å². The van der Waals surface area contributed by atoms with Crippen LogP contribution in [0.15, 0.2) is 18.2 Å². The molecular formula is C12H16N2O2. The van der Waals surface area contributed by atoms with Crippen molar-refractivity contribution in [2.24, 2.45) is 5.73 Å². The van der Waals surface area contributed by atoms with Crippen molar-refractivity contribution in [3.05, 3.63) is 29.3 Å². The molecule has 0 radical (unpaired) electrons. The Labute approximate surface area is 94.7 Å². The molecule has 0 fully saturated rings. The highest BCUT2D eigenvalue weighted by Gasteiger charge is 2.21. The van der Waals surface area contributed by atoms with Gasteiger partial charge in [-0.05, 0) is 30.5 Å². The average molecular weight is 220 g/mol. The molecule has 0 atom stereocenters. The van der Waals surface area contributed by atoms with Crippen molar-refractivity contribution in [3.63, 3.8) is 0 Å². The van der Waals surface area contributed by atoms with Gasteiger partial charge in [-0.15, -0.1) is 0 Å². The van der Waals surface area contributed by atoms with Crippen molar-refractivity contribution in [1.29, 1.82) is 0 Å². The minimum atomic E-state index is -0.0196. The molecule has 0 unspecified atom stereocenters. The lowest BCUT2D eigenvalue weighted by molar-refractivity contribution is 0.0765. The Morgan fingerprint density at radius 3 is 3.00 bits per heavy atom. The highest BCUT2D eigenvalue weighted by Crippen LogP contribution is 2.22. The van der Waals surface area contributed by atoms with Crippen LogP contribution in [0.3, 0.4) is 0 Å². The van der Waals surface area contributed by atoms with Gasteiger partial charge in [-0.25, -0.2) is 0 Å². The van der Waals surface area contributed by atoms with Crippen LogP contribution in [0.2, 0.25) is 0 Å². The van der Waals surface area contributed by atoms with E-state index in [0.717, 1.165) is 24.9 Å². The van der Waals surface area contributed by atoms with Crippen LogP contribution < -0.4 is 5.73 Å². The second-order valence-electron chi connectivity index (χ2n) is 4.03. The zero-order chi connectivity index (χ0) is 11.5. The third kappa shape index (κ3) is 2.02. The SMILES string of the molecule is NCCN1CCCc2ccc(O)cc2C1=O. The summed E-state index contributed by atoms with van der Waals surface area (Å²) in [5.41, 5.74) is 7.11. The molecule has 1 amide bonds. The fourth-order valence-electron chi connectivity index (χ4n) is 2.08. The largest absolute Gasteiger partial charge is 0.508 e. The first kappa shape index (κ1) is 11.0. The molecule has 4 heteroatoms. The monoisotopic (exact) mass is 220 g/mol. The molecule has 1 aromatic carbocycles. The lowest BCUT2D eigenvalue weighted by atomic mass is 10.0. The average Bonchev–Trinajstić information content (AvgIpc) is 2.42. The van der Waals surface area contributed by atoms with Crippen LogP contribution in [-0.4, -0.2) is 35.5 Å². The number of carbonyl (C=O) groups is 1. The van der Waals surface area contributed by atoms with E-state index in [4.69, 9.17) is 5.73 Å². The van der Waals surface area contributed by atoms with Crippen LogP contribution in [0.5, 0.6) is 5.75 Å². The molecule has 16 heavy (non-hydrogen) atoms. The zero-order valence-corrected chi connectivity index (χ0v) is 9.15. The first-order valence-electron chi connectivity index (χ1n) is 5.53. The normalized spacial score (nSPS) is 15.8. The molecule has 1 aliphatic rings. The van der Waals surface area contributed by atoms with Gasteiger partial charge in [-0.3, -0.25) is 4.79 Å². The van der Waals surface area contributed by atoms with Gasteiger partial charge in [-0.1, -0.05) is 6.07 Å². The Hall–Kier alpha value is -1.55. The molecule has 0 saturated carbocycles. The standard InChI is InChI=1S/C12H16N2O2/c13-5-7-14-6-1-2-9-3-4-10(15)8-11(9)12(14)16/h3-4,8,15H,1-2,5-7,13H2. The quantitative estimate of drug-likeness (QED) is 0.772. The second kappa shape index (κ2) is 4.53. The number of amides is 1. The van der Waals surface area contributed by atoms with Gasteiger partial charge < -0.3 is 15.7 Å². The van der Waals surface area contributed by atoms with Crippen LogP contribution in [-0.2, 0) is 6.42 Å². The minimum Gasteiger partial charge on any atom is -0.508 e. The molecule has 0 aromatic heterocycles. The van der Waals surface area contributed by atoms with E-state index in [-0.39, 0.29) is 11.7 Å². The third-order valence-corrected chi connectivity index (χ3v) is 2.88. The summed E-state index contributed by atoms with van der Waals surface area (Å²) in [4.78, 5) is 13.9. The Bertz CT molecular complexity index is 404. The van der Waals surface area contributed by atoms with E-state index in [1.807, 2.05) is 6.07 Å². The van der Waals surface area contributed by atoms with Crippen molar-refractivity contribution < 1.29 is 9.90 Å². The smallest absolute Gasteiger partial charge is 0.254 e.